The fourth-order valence-corrected chi connectivity index (χ4v) is 3.23. The summed E-state index contributed by atoms with van der Waals surface area (Å²) in [5, 5.41) is 3.76. The number of rotatable bonds is 3. The number of pyridine rings is 1. The van der Waals surface area contributed by atoms with Crippen LogP contribution in [0.1, 0.15) is 16.1 Å². The quantitative estimate of drug-likeness (QED) is 0.786. The Morgan fingerprint density at radius 3 is 2.69 bits per heavy atom. The van der Waals surface area contributed by atoms with E-state index in [1.165, 1.54) is 5.69 Å². The summed E-state index contributed by atoms with van der Waals surface area (Å²) in [6.45, 7) is 6.19. The molecule has 1 aliphatic rings. The number of anilines is 2. The van der Waals surface area contributed by atoms with Crippen molar-refractivity contribution in [3.05, 3.63) is 54.0 Å². The van der Waals surface area contributed by atoms with Gasteiger partial charge in [-0.05, 0) is 49.9 Å². The van der Waals surface area contributed by atoms with Crippen molar-refractivity contribution in [2.75, 3.05) is 43.4 Å². The number of nitrogens with zero attached hydrogens (tertiary/aromatic N) is 3. The van der Waals surface area contributed by atoms with Crippen molar-refractivity contribution in [2.45, 2.75) is 6.92 Å². The molecule has 0 aliphatic carbocycles. The molecule has 0 bridgehead atoms. The molecule has 1 aromatic carbocycles. The monoisotopic (exact) mass is 350 g/mol. The summed E-state index contributed by atoms with van der Waals surface area (Å²) in [6, 6.07) is 9.62. The maximum Gasteiger partial charge on any atom is 0.291 e. The number of benzene rings is 1. The predicted octanol–water partition coefficient (Wildman–Crippen LogP) is 3.14. The first-order chi connectivity index (χ1) is 12.6. The zero-order valence-electron chi connectivity index (χ0n) is 15.0. The molecule has 4 rings (SSSR count). The van der Waals surface area contributed by atoms with Crippen LogP contribution in [0.3, 0.4) is 0 Å². The van der Waals surface area contributed by atoms with Crippen LogP contribution in [0.2, 0.25) is 0 Å². The third-order valence-corrected chi connectivity index (χ3v) is 4.87. The number of furan rings is 1. The van der Waals surface area contributed by atoms with Crippen LogP contribution in [-0.4, -0.2) is 49.0 Å². The van der Waals surface area contributed by atoms with Crippen LogP contribution in [0.15, 0.2) is 47.1 Å². The number of hydrogen-bond donors (Lipinski definition) is 1. The molecule has 0 atom stereocenters. The van der Waals surface area contributed by atoms with Gasteiger partial charge in [-0.2, -0.15) is 0 Å². The van der Waals surface area contributed by atoms with E-state index in [1.807, 2.05) is 13.0 Å². The minimum absolute atomic E-state index is 0.253. The molecule has 0 saturated carbocycles. The van der Waals surface area contributed by atoms with Crippen LogP contribution in [0, 0.1) is 6.92 Å². The lowest BCUT2D eigenvalue weighted by Gasteiger charge is -2.34. The summed E-state index contributed by atoms with van der Waals surface area (Å²) in [4.78, 5) is 21.3. The van der Waals surface area contributed by atoms with Crippen LogP contribution in [0.25, 0.3) is 11.0 Å². The molecule has 3 aromatic rings. The van der Waals surface area contributed by atoms with Gasteiger partial charge >= 0.3 is 0 Å². The first-order valence-electron chi connectivity index (χ1n) is 8.79. The third kappa shape index (κ3) is 3.28. The minimum atomic E-state index is -0.253. The van der Waals surface area contributed by atoms with E-state index in [1.54, 1.807) is 24.5 Å². The van der Waals surface area contributed by atoms with Crippen LogP contribution in [0.5, 0.6) is 0 Å². The van der Waals surface area contributed by atoms with Gasteiger partial charge in [-0.15, -0.1) is 0 Å². The summed E-state index contributed by atoms with van der Waals surface area (Å²) in [6.07, 6.45) is 3.33. The highest BCUT2D eigenvalue weighted by atomic mass is 16.3. The molecule has 1 fully saturated rings. The predicted molar refractivity (Wildman–Crippen MR) is 103 cm³/mol. The molecule has 1 N–H and O–H groups in total. The van der Waals surface area contributed by atoms with Gasteiger partial charge in [0.05, 0.1) is 0 Å². The lowest BCUT2D eigenvalue weighted by molar-refractivity contribution is 0.0998. The highest BCUT2D eigenvalue weighted by Gasteiger charge is 2.17. The van der Waals surface area contributed by atoms with Gasteiger partial charge in [0.2, 0.25) is 0 Å². The van der Waals surface area contributed by atoms with Crippen molar-refractivity contribution in [3.63, 3.8) is 0 Å². The second kappa shape index (κ2) is 6.80. The van der Waals surface area contributed by atoms with Gasteiger partial charge in [0.1, 0.15) is 5.58 Å². The molecule has 1 saturated heterocycles. The number of aryl methyl sites for hydroxylation is 1. The minimum Gasteiger partial charge on any atom is -0.451 e. The molecule has 0 unspecified atom stereocenters. The first kappa shape index (κ1) is 16.6. The third-order valence-electron chi connectivity index (χ3n) is 4.87. The van der Waals surface area contributed by atoms with Gasteiger partial charge in [-0.3, -0.25) is 9.78 Å². The van der Waals surface area contributed by atoms with Crippen molar-refractivity contribution in [1.82, 2.24) is 9.88 Å². The highest BCUT2D eigenvalue weighted by Crippen LogP contribution is 2.25. The number of carbonyl (C=O) groups excluding carboxylic acids is 1. The molecule has 1 amide bonds. The van der Waals surface area contributed by atoms with Gasteiger partial charge in [-0.1, -0.05) is 0 Å². The molecule has 0 radical (unpaired) electrons. The maximum absolute atomic E-state index is 12.5. The zero-order chi connectivity index (χ0) is 18.1. The summed E-state index contributed by atoms with van der Waals surface area (Å²) >= 11 is 0. The number of nitrogens with one attached hydrogen (secondary N) is 1. The average molecular weight is 350 g/mol. The Bertz CT molecular complexity index is 909. The molecule has 134 valence electrons. The van der Waals surface area contributed by atoms with Gasteiger partial charge < -0.3 is 19.5 Å². The standard InChI is InChI=1S/C20H22N4O2/c1-14-11-16(24-9-7-23(2)8-10-24)3-4-17(14)22-20(25)19-12-15-13-21-6-5-18(15)26-19/h3-6,11-13H,7-10H2,1-2H3,(H,22,25). The first-order valence-corrected chi connectivity index (χ1v) is 8.79. The van der Waals surface area contributed by atoms with Gasteiger partial charge in [0, 0.05) is 55.3 Å². The Hall–Kier alpha value is -2.86. The maximum atomic E-state index is 12.5. The topological polar surface area (TPSA) is 61.6 Å². The number of fused-ring (bicyclic) bond motifs is 1. The average Bonchev–Trinajstić information content (AvgIpc) is 3.08. The van der Waals surface area contributed by atoms with Crippen molar-refractivity contribution in [1.29, 1.82) is 0 Å². The summed E-state index contributed by atoms with van der Waals surface area (Å²) in [7, 11) is 2.15. The number of amides is 1. The normalized spacial score (nSPS) is 15.4. The fourth-order valence-electron chi connectivity index (χ4n) is 3.23. The van der Waals surface area contributed by atoms with Crippen molar-refractivity contribution >= 4 is 28.3 Å². The van der Waals surface area contributed by atoms with Crippen LogP contribution < -0.4 is 10.2 Å². The van der Waals surface area contributed by atoms with E-state index in [0.29, 0.717) is 5.58 Å². The Morgan fingerprint density at radius 1 is 1.15 bits per heavy atom. The second-order valence-electron chi connectivity index (χ2n) is 6.77. The largest absolute Gasteiger partial charge is 0.451 e. The lowest BCUT2D eigenvalue weighted by atomic mass is 10.1. The smallest absolute Gasteiger partial charge is 0.291 e. The second-order valence-corrected chi connectivity index (χ2v) is 6.77. The zero-order valence-corrected chi connectivity index (χ0v) is 15.0. The molecular weight excluding hydrogens is 328 g/mol. The highest BCUT2D eigenvalue weighted by molar-refractivity contribution is 6.05. The van der Waals surface area contributed by atoms with E-state index >= 15 is 0 Å². The molecule has 6 heteroatoms. The number of likely N-dealkylation sites (N-methyl/N-ethyl adjacent to an activating group) is 1. The van der Waals surface area contributed by atoms with Crippen molar-refractivity contribution in [3.8, 4) is 0 Å². The summed E-state index contributed by atoms with van der Waals surface area (Å²) in [5.41, 5.74) is 3.69. The van der Waals surface area contributed by atoms with Crippen molar-refractivity contribution < 1.29 is 9.21 Å². The van der Waals surface area contributed by atoms with E-state index in [4.69, 9.17) is 4.42 Å². The Kier molecular flexibility index (Phi) is 4.34. The van der Waals surface area contributed by atoms with Crippen LogP contribution in [0.4, 0.5) is 11.4 Å². The molecule has 0 spiro atoms. The van der Waals surface area contributed by atoms with E-state index in [9.17, 15) is 4.79 Å². The van der Waals surface area contributed by atoms with Crippen LogP contribution in [-0.2, 0) is 0 Å². The Balaban J connectivity index is 1.50. The molecule has 6 nitrogen and oxygen atoms in total. The van der Waals surface area contributed by atoms with Gasteiger partial charge in [0.15, 0.2) is 5.76 Å². The number of hydrogen-bond acceptors (Lipinski definition) is 5. The van der Waals surface area contributed by atoms with E-state index in [-0.39, 0.29) is 11.7 Å². The molecule has 3 heterocycles. The Labute approximate surface area is 152 Å². The van der Waals surface area contributed by atoms with E-state index in [2.05, 4.69) is 39.3 Å². The van der Waals surface area contributed by atoms with Crippen LogP contribution >= 0.6 is 0 Å². The molecule has 26 heavy (non-hydrogen) atoms. The molecule has 2 aromatic heterocycles. The van der Waals surface area contributed by atoms with E-state index < -0.39 is 0 Å². The number of carbonyl (C=O) groups is 1. The number of aromatic nitrogens is 1. The number of piperazine rings is 1. The molecule has 1 aliphatic heterocycles. The lowest BCUT2D eigenvalue weighted by Crippen LogP contribution is -2.44. The Morgan fingerprint density at radius 2 is 1.96 bits per heavy atom. The van der Waals surface area contributed by atoms with Gasteiger partial charge in [0.25, 0.3) is 5.91 Å². The van der Waals surface area contributed by atoms with Gasteiger partial charge in [-0.25, -0.2) is 0 Å². The molecular formula is C20H22N4O2. The fraction of sp³-hybridized carbons (Fsp3) is 0.300. The summed E-state index contributed by atoms with van der Waals surface area (Å²) < 4.78 is 5.61. The summed E-state index contributed by atoms with van der Waals surface area (Å²) in [5.74, 6) is 0.0344. The van der Waals surface area contributed by atoms with Crippen molar-refractivity contribution in [2.24, 2.45) is 0 Å². The van der Waals surface area contributed by atoms with E-state index in [0.717, 1.165) is 42.8 Å². The SMILES string of the molecule is Cc1cc(N2CCN(C)CC2)ccc1NC(=O)c1cc2cnccc2o1.